The van der Waals surface area contributed by atoms with Crippen molar-refractivity contribution in [2.75, 3.05) is 6.54 Å². The molecule has 23 heavy (non-hydrogen) atoms. The Hall–Kier alpha value is -3.03. The summed E-state index contributed by atoms with van der Waals surface area (Å²) >= 11 is 0. The van der Waals surface area contributed by atoms with Crippen LogP contribution in [0.5, 0.6) is 0 Å². The molecule has 1 aromatic rings. The van der Waals surface area contributed by atoms with Gasteiger partial charge in [-0.05, 0) is 12.1 Å². The van der Waals surface area contributed by atoms with Crippen LogP contribution >= 0.6 is 0 Å². The van der Waals surface area contributed by atoms with Gasteiger partial charge >= 0.3 is 5.97 Å². The molecule has 3 rings (SSSR count). The van der Waals surface area contributed by atoms with Gasteiger partial charge in [-0.15, -0.1) is 0 Å². The second kappa shape index (κ2) is 5.64. The molecule has 0 radical (unpaired) electrons. The molecule has 0 unspecified atom stereocenters. The van der Waals surface area contributed by atoms with Crippen molar-refractivity contribution in [1.29, 1.82) is 0 Å². The van der Waals surface area contributed by atoms with Gasteiger partial charge in [0.2, 0.25) is 11.8 Å². The van der Waals surface area contributed by atoms with Crippen molar-refractivity contribution >= 4 is 29.6 Å². The highest BCUT2D eigenvalue weighted by Crippen LogP contribution is 2.23. The molecular formula is C15H12N2O6. The van der Waals surface area contributed by atoms with Gasteiger partial charge in [-0.2, -0.15) is 0 Å². The molecule has 2 aliphatic rings. The van der Waals surface area contributed by atoms with Crippen molar-refractivity contribution in [2.24, 2.45) is 0 Å². The van der Waals surface area contributed by atoms with Gasteiger partial charge in [0.1, 0.15) is 0 Å². The van der Waals surface area contributed by atoms with Crippen LogP contribution in [-0.4, -0.2) is 46.1 Å². The lowest BCUT2D eigenvalue weighted by atomic mass is 10.1. The molecule has 1 fully saturated rings. The van der Waals surface area contributed by atoms with E-state index in [2.05, 4.69) is 0 Å². The SMILES string of the molecule is O=C(CCN1C(=O)CCC1=O)ON1C(=O)c2ccccc2C1=O. The summed E-state index contributed by atoms with van der Waals surface area (Å²) in [4.78, 5) is 64.5. The molecule has 0 aliphatic carbocycles. The summed E-state index contributed by atoms with van der Waals surface area (Å²) in [5, 5.41) is 0.403. The Kier molecular flexibility index (Phi) is 3.65. The summed E-state index contributed by atoms with van der Waals surface area (Å²) in [6, 6.07) is 6.12. The fraction of sp³-hybridized carbons (Fsp3) is 0.267. The molecule has 4 amide bonds. The number of fused-ring (bicyclic) bond motifs is 1. The van der Waals surface area contributed by atoms with E-state index in [4.69, 9.17) is 4.84 Å². The molecular weight excluding hydrogens is 304 g/mol. The van der Waals surface area contributed by atoms with Gasteiger partial charge in [0.25, 0.3) is 11.8 Å². The van der Waals surface area contributed by atoms with E-state index in [0.717, 1.165) is 4.90 Å². The summed E-state index contributed by atoms with van der Waals surface area (Å²) < 4.78 is 0. The fourth-order valence-corrected chi connectivity index (χ4v) is 2.47. The summed E-state index contributed by atoms with van der Waals surface area (Å²) in [6.45, 7) is -0.125. The zero-order valence-electron chi connectivity index (χ0n) is 12.0. The van der Waals surface area contributed by atoms with Crippen LogP contribution in [0, 0.1) is 0 Å². The predicted molar refractivity (Wildman–Crippen MR) is 73.6 cm³/mol. The van der Waals surface area contributed by atoms with Gasteiger partial charge in [0, 0.05) is 19.4 Å². The third kappa shape index (κ3) is 2.59. The lowest BCUT2D eigenvalue weighted by Crippen LogP contribution is -2.35. The first kappa shape index (κ1) is 14.9. The zero-order valence-corrected chi connectivity index (χ0v) is 12.0. The van der Waals surface area contributed by atoms with E-state index in [1.807, 2.05) is 0 Å². The molecule has 8 heteroatoms. The Balaban J connectivity index is 1.61. The maximum Gasteiger partial charge on any atom is 0.335 e. The number of carbonyl (C=O) groups excluding carboxylic acids is 5. The normalized spacial score (nSPS) is 17.0. The van der Waals surface area contributed by atoms with Crippen LogP contribution in [0.4, 0.5) is 0 Å². The summed E-state index contributed by atoms with van der Waals surface area (Å²) in [5.74, 6) is -2.99. The second-order valence-electron chi connectivity index (χ2n) is 5.10. The summed E-state index contributed by atoms with van der Waals surface area (Å²) in [5.41, 5.74) is 0.324. The van der Waals surface area contributed by atoms with Crippen LogP contribution in [0.25, 0.3) is 0 Å². The van der Waals surface area contributed by atoms with E-state index in [-0.39, 0.29) is 48.7 Å². The van der Waals surface area contributed by atoms with Gasteiger partial charge < -0.3 is 4.84 Å². The van der Waals surface area contributed by atoms with Crippen LogP contribution in [0.3, 0.4) is 0 Å². The van der Waals surface area contributed by atoms with Gasteiger partial charge in [-0.25, -0.2) is 4.79 Å². The molecule has 1 aromatic carbocycles. The number of imide groups is 2. The minimum absolute atomic E-state index is 0.125. The Morgan fingerprint density at radius 1 is 0.957 bits per heavy atom. The van der Waals surface area contributed by atoms with E-state index in [1.54, 1.807) is 12.1 Å². The highest BCUT2D eigenvalue weighted by molar-refractivity contribution is 6.20. The standard InChI is InChI=1S/C15H12N2O6/c18-11-5-6-12(19)16(11)8-7-13(20)23-17-14(21)9-3-1-2-4-10(9)15(17)22/h1-4H,5-8H2. The van der Waals surface area contributed by atoms with Crippen molar-refractivity contribution in [2.45, 2.75) is 19.3 Å². The van der Waals surface area contributed by atoms with Crippen molar-refractivity contribution in [1.82, 2.24) is 9.96 Å². The smallest absolute Gasteiger partial charge is 0.330 e. The molecule has 1 saturated heterocycles. The molecule has 2 heterocycles. The molecule has 0 spiro atoms. The van der Waals surface area contributed by atoms with E-state index < -0.39 is 17.8 Å². The summed E-state index contributed by atoms with van der Waals surface area (Å²) in [6.07, 6.45) is -0.0243. The number of benzene rings is 1. The van der Waals surface area contributed by atoms with Gasteiger partial charge in [0.05, 0.1) is 17.5 Å². The lowest BCUT2D eigenvalue weighted by Gasteiger charge is -2.15. The summed E-state index contributed by atoms with van der Waals surface area (Å²) in [7, 11) is 0. The quantitative estimate of drug-likeness (QED) is 0.740. The molecule has 0 aromatic heterocycles. The largest absolute Gasteiger partial charge is 0.335 e. The maximum absolute atomic E-state index is 12.0. The third-order valence-electron chi connectivity index (χ3n) is 3.64. The topological polar surface area (TPSA) is 101 Å². The number of hydroxylamine groups is 2. The molecule has 8 nitrogen and oxygen atoms in total. The number of amides is 4. The number of hydrogen-bond donors (Lipinski definition) is 0. The van der Waals surface area contributed by atoms with E-state index in [1.165, 1.54) is 12.1 Å². The average Bonchev–Trinajstić information content (AvgIpc) is 2.98. The van der Waals surface area contributed by atoms with E-state index in [9.17, 15) is 24.0 Å². The van der Waals surface area contributed by atoms with Gasteiger partial charge in [-0.3, -0.25) is 24.1 Å². The van der Waals surface area contributed by atoms with Crippen LogP contribution in [0.2, 0.25) is 0 Å². The van der Waals surface area contributed by atoms with E-state index >= 15 is 0 Å². The fourth-order valence-electron chi connectivity index (χ4n) is 2.47. The van der Waals surface area contributed by atoms with Crippen molar-refractivity contribution in [3.05, 3.63) is 35.4 Å². The van der Waals surface area contributed by atoms with Crippen LogP contribution in [0.1, 0.15) is 40.0 Å². The first-order valence-electron chi connectivity index (χ1n) is 7.01. The highest BCUT2D eigenvalue weighted by atomic mass is 16.7. The van der Waals surface area contributed by atoms with Crippen LogP contribution in [0.15, 0.2) is 24.3 Å². The molecule has 0 atom stereocenters. The number of likely N-dealkylation sites (tertiary alicyclic amines) is 1. The van der Waals surface area contributed by atoms with Crippen LogP contribution in [-0.2, 0) is 19.2 Å². The Morgan fingerprint density at radius 3 is 2.00 bits per heavy atom. The first-order chi connectivity index (χ1) is 11.0. The minimum Gasteiger partial charge on any atom is -0.330 e. The molecule has 118 valence electrons. The average molecular weight is 316 g/mol. The predicted octanol–water partition coefficient (Wildman–Crippen LogP) is 0.280. The van der Waals surface area contributed by atoms with Gasteiger partial charge in [-0.1, -0.05) is 17.2 Å². The highest BCUT2D eigenvalue weighted by Gasteiger charge is 2.38. The van der Waals surface area contributed by atoms with Crippen molar-refractivity contribution in [3.8, 4) is 0 Å². The van der Waals surface area contributed by atoms with Gasteiger partial charge in [0.15, 0.2) is 0 Å². The molecule has 0 bridgehead atoms. The van der Waals surface area contributed by atoms with Crippen molar-refractivity contribution in [3.63, 3.8) is 0 Å². The Labute approximate surface area is 130 Å². The molecule has 2 aliphatic heterocycles. The number of nitrogens with zero attached hydrogens (tertiary/aromatic N) is 2. The minimum atomic E-state index is -0.869. The second-order valence-corrected chi connectivity index (χ2v) is 5.10. The Morgan fingerprint density at radius 2 is 1.48 bits per heavy atom. The monoisotopic (exact) mass is 316 g/mol. The molecule has 0 N–H and O–H groups in total. The third-order valence-corrected chi connectivity index (χ3v) is 3.64. The van der Waals surface area contributed by atoms with Crippen molar-refractivity contribution < 1.29 is 28.8 Å². The number of rotatable bonds is 4. The van der Waals surface area contributed by atoms with E-state index in [0.29, 0.717) is 5.06 Å². The first-order valence-corrected chi connectivity index (χ1v) is 7.01. The zero-order chi connectivity index (χ0) is 16.6. The van der Waals surface area contributed by atoms with Crippen LogP contribution < -0.4 is 0 Å². The maximum atomic E-state index is 12.0. The number of carbonyl (C=O) groups is 5. The Bertz CT molecular complexity index is 690. The molecule has 0 saturated carbocycles. The lowest BCUT2D eigenvalue weighted by molar-refractivity contribution is -0.169. The number of hydrogen-bond acceptors (Lipinski definition) is 6.